The first kappa shape index (κ1) is 41.4. The van der Waals surface area contributed by atoms with Crippen molar-refractivity contribution in [1.82, 2.24) is 19.6 Å². The third kappa shape index (κ3) is 9.46. The number of urea groups is 1. The van der Waals surface area contributed by atoms with Crippen LogP contribution < -0.4 is 11.1 Å². The molecule has 3 saturated heterocycles. The van der Waals surface area contributed by atoms with Gasteiger partial charge in [0.25, 0.3) is 5.91 Å². The van der Waals surface area contributed by atoms with Crippen LogP contribution in [0.3, 0.4) is 0 Å². The summed E-state index contributed by atoms with van der Waals surface area (Å²) >= 11 is 6.15. The Bertz CT molecular complexity index is 1750. The van der Waals surface area contributed by atoms with Crippen LogP contribution in [0, 0.1) is 5.92 Å². The number of para-hydroxylation sites is 1. The van der Waals surface area contributed by atoms with Crippen molar-refractivity contribution >= 4 is 47.0 Å². The molecule has 13 nitrogen and oxygen atoms in total. The number of esters is 1. The fourth-order valence-corrected chi connectivity index (χ4v) is 8.62. The summed E-state index contributed by atoms with van der Waals surface area (Å²) in [6, 6.07) is 9.42. The second-order valence-corrected chi connectivity index (χ2v) is 15.2. The molecule has 3 N–H and O–H groups in total. The van der Waals surface area contributed by atoms with Crippen LogP contribution >= 0.6 is 11.6 Å². The number of benzene rings is 2. The molecule has 0 saturated carbocycles. The lowest BCUT2D eigenvalue weighted by Gasteiger charge is -2.45. The molecular weight excluding hydrogens is 757 g/mol. The maximum atomic E-state index is 14.4. The molecule has 0 radical (unpaired) electrons. The van der Waals surface area contributed by atoms with Crippen molar-refractivity contribution in [2.24, 2.45) is 5.92 Å². The molecular formula is C39H50ClF3N6O7. The number of rotatable bonds is 9. The highest BCUT2D eigenvalue weighted by atomic mass is 35.5. The number of anilines is 2. The number of carbonyl (C=O) groups excluding carboxylic acids is 4. The zero-order chi connectivity index (χ0) is 40.1. The lowest BCUT2D eigenvalue weighted by molar-refractivity contribution is -0.161. The van der Waals surface area contributed by atoms with Gasteiger partial charge in [-0.25, -0.2) is 9.59 Å². The zero-order valence-corrected chi connectivity index (χ0v) is 32.4. The summed E-state index contributed by atoms with van der Waals surface area (Å²) in [5.74, 6) is -0.950. The quantitative estimate of drug-likeness (QED) is 0.238. The van der Waals surface area contributed by atoms with E-state index in [0.717, 1.165) is 17.3 Å². The number of methoxy groups -OCH3 is 1. The zero-order valence-electron chi connectivity index (χ0n) is 31.7. The fourth-order valence-electron chi connectivity index (χ4n) is 8.38. The van der Waals surface area contributed by atoms with E-state index in [9.17, 15) is 32.3 Å². The van der Waals surface area contributed by atoms with Crippen LogP contribution in [0.15, 0.2) is 36.4 Å². The fraction of sp³-hybridized carbons (Fsp3) is 0.590. The van der Waals surface area contributed by atoms with Crippen molar-refractivity contribution in [3.63, 3.8) is 0 Å². The van der Waals surface area contributed by atoms with Crippen molar-refractivity contribution < 1.29 is 46.6 Å². The van der Waals surface area contributed by atoms with Gasteiger partial charge in [0.05, 0.1) is 28.8 Å². The second kappa shape index (κ2) is 17.9. The highest BCUT2D eigenvalue weighted by Gasteiger charge is 2.42. The van der Waals surface area contributed by atoms with E-state index < -0.39 is 48.2 Å². The third-order valence-electron chi connectivity index (χ3n) is 11.5. The number of hydrogen-bond acceptors (Lipinski definition) is 9. The van der Waals surface area contributed by atoms with E-state index in [1.807, 2.05) is 24.3 Å². The van der Waals surface area contributed by atoms with Crippen LogP contribution in [0.2, 0.25) is 5.02 Å². The molecule has 4 aliphatic rings. The normalized spacial score (nSPS) is 22.2. The van der Waals surface area contributed by atoms with E-state index in [2.05, 4.69) is 10.2 Å². The molecule has 4 aliphatic heterocycles. The summed E-state index contributed by atoms with van der Waals surface area (Å²) in [6.45, 7) is 4.73. The average molecular weight is 807 g/mol. The van der Waals surface area contributed by atoms with Gasteiger partial charge in [0.2, 0.25) is 0 Å². The first-order valence-electron chi connectivity index (χ1n) is 19.3. The number of hydrogen-bond donors (Lipinski definition) is 2. The van der Waals surface area contributed by atoms with Crippen LogP contribution in [0.1, 0.15) is 62.1 Å². The molecule has 17 heteroatoms. The van der Waals surface area contributed by atoms with Gasteiger partial charge in [-0.2, -0.15) is 13.2 Å². The predicted molar refractivity (Wildman–Crippen MR) is 202 cm³/mol. The Morgan fingerprint density at radius 2 is 1.68 bits per heavy atom. The first-order valence-corrected chi connectivity index (χ1v) is 19.6. The average Bonchev–Trinajstić information content (AvgIpc) is 3.36. The van der Waals surface area contributed by atoms with Gasteiger partial charge in [-0.05, 0) is 87.9 Å². The van der Waals surface area contributed by atoms with Crippen molar-refractivity contribution in [1.29, 1.82) is 0 Å². The minimum atomic E-state index is -4.81. The molecule has 56 heavy (non-hydrogen) atoms. The minimum absolute atomic E-state index is 0.0166. The van der Waals surface area contributed by atoms with Crippen molar-refractivity contribution in [3.8, 4) is 0 Å². The lowest BCUT2D eigenvalue weighted by Crippen LogP contribution is -2.57. The van der Waals surface area contributed by atoms with Crippen molar-refractivity contribution in [3.05, 3.63) is 58.1 Å². The Balaban J connectivity index is 1.14. The highest BCUT2D eigenvalue weighted by molar-refractivity contribution is 6.33. The molecule has 4 amide bonds. The SMILES string of the molecule is CCOC(=O)C1CCN(C2CCN(C(=O)[C@@H](Cc3cc(Cl)c(N)c(C(F)(F)F)c3)OC(=O)N3CCC(N4CCc5ccccc5NC4=O)CC3)C(OC)C2)CC1. The number of halogens is 4. The number of alkyl halides is 3. The van der Waals surface area contributed by atoms with Gasteiger partial charge < -0.3 is 44.9 Å². The van der Waals surface area contributed by atoms with Gasteiger partial charge >= 0.3 is 24.3 Å². The number of piperidine rings is 3. The van der Waals surface area contributed by atoms with E-state index in [0.29, 0.717) is 71.2 Å². The van der Waals surface area contributed by atoms with E-state index in [1.54, 1.807) is 11.8 Å². The van der Waals surface area contributed by atoms with Crippen LogP contribution in [-0.4, -0.2) is 121 Å². The Morgan fingerprint density at radius 3 is 2.36 bits per heavy atom. The number of nitrogen functional groups attached to an aromatic ring is 1. The number of likely N-dealkylation sites (tertiary alicyclic amines) is 3. The van der Waals surface area contributed by atoms with Gasteiger partial charge in [0.1, 0.15) is 6.23 Å². The summed E-state index contributed by atoms with van der Waals surface area (Å²) in [5, 5.41) is 2.64. The molecule has 2 aromatic rings. The van der Waals surface area contributed by atoms with Crippen LogP contribution in [0.4, 0.5) is 34.1 Å². The largest absolute Gasteiger partial charge is 0.466 e. The molecule has 0 aromatic heterocycles. The molecule has 2 aromatic carbocycles. The summed E-state index contributed by atoms with van der Waals surface area (Å²) in [7, 11) is 1.48. The van der Waals surface area contributed by atoms with E-state index >= 15 is 0 Å². The van der Waals surface area contributed by atoms with Crippen LogP contribution in [-0.2, 0) is 42.8 Å². The van der Waals surface area contributed by atoms with Gasteiger partial charge in [-0.3, -0.25) is 9.59 Å². The summed E-state index contributed by atoms with van der Waals surface area (Å²) in [4.78, 5) is 60.5. The molecule has 6 rings (SSSR count). The predicted octanol–water partition coefficient (Wildman–Crippen LogP) is 5.78. The van der Waals surface area contributed by atoms with Gasteiger partial charge in [-0.15, -0.1) is 0 Å². The number of ether oxygens (including phenoxy) is 3. The van der Waals surface area contributed by atoms with Crippen molar-refractivity contribution in [2.45, 2.75) is 88.9 Å². The molecule has 3 fully saturated rings. The Kier molecular flexibility index (Phi) is 13.2. The maximum absolute atomic E-state index is 14.4. The maximum Gasteiger partial charge on any atom is 0.418 e. The molecule has 0 spiro atoms. The van der Waals surface area contributed by atoms with E-state index in [4.69, 9.17) is 31.5 Å². The first-order chi connectivity index (χ1) is 26.8. The molecule has 2 unspecified atom stereocenters. The molecule has 0 aliphatic carbocycles. The molecule has 3 atom stereocenters. The van der Waals surface area contributed by atoms with Gasteiger partial charge in [0.15, 0.2) is 6.10 Å². The Labute approximate surface area is 329 Å². The number of nitrogens with two attached hydrogens (primary N) is 1. The third-order valence-corrected chi connectivity index (χ3v) is 11.8. The van der Waals surface area contributed by atoms with Crippen LogP contribution in [0.25, 0.3) is 0 Å². The standard InChI is InChI=1S/C39H50ClF3N6O7/c1-3-55-36(51)26-8-14-46(15-9-26)28-13-19-49(33(23-28)54-2)35(50)32(22-24-20-29(39(41,42)43)34(44)30(40)21-24)56-38(53)47-16-11-27(12-17-47)48-18-10-25-6-4-5-7-31(25)45-37(48)52/h4-7,20-21,26-28,32-33H,3,8-19,22-23,44H2,1-2H3,(H,45,52)/t28?,32-,33?/m1/s1. The summed E-state index contributed by atoms with van der Waals surface area (Å²) < 4.78 is 58.7. The number of nitrogens with one attached hydrogen (secondary N) is 1. The Morgan fingerprint density at radius 1 is 0.982 bits per heavy atom. The van der Waals surface area contributed by atoms with E-state index in [-0.39, 0.29) is 60.2 Å². The number of carbonyl (C=O) groups is 4. The van der Waals surface area contributed by atoms with Gasteiger partial charge in [-0.1, -0.05) is 29.8 Å². The second-order valence-electron chi connectivity index (χ2n) is 14.8. The minimum Gasteiger partial charge on any atom is -0.466 e. The molecule has 0 bridgehead atoms. The number of amides is 4. The van der Waals surface area contributed by atoms with E-state index in [1.165, 1.54) is 23.0 Å². The van der Waals surface area contributed by atoms with Gasteiger partial charge in [0, 0.05) is 63.9 Å². The van der Waals surface area contributed by atoms with Crippen molar-refractivity contribution in [2.75, 3.05) is 64.0 Å². The molecule has 306 valence electrons. The summed E-state index contributed by atoms with van der Waals surface area (Å²) in [6.07, 6.45) is -4.25. The lowest BCUT2D eigenvalue weighted by atomic mass is 9.92. The topological polar surface area (TPSA) is 147 Å². The smallest absolute Gasteiger partial charge is 0.418 e. The highest BCUT2D eigenvalue weighted by Crippen LogP contribution is 2.38. The Hall–Kier alpha value is -4.28. The number of fused-ring (bicyclic) bond motifs is 1. The molecule has 4 heterocycles. The monoisotopic (exact) mass is 806 g/mol. The van der Waals surface area contributed by atoms with Crippen LogP contribution in [0.5, 0.6) is 0 Å². The number of nitrogens with zero attached hydrogens (tertiary/aromatic N) is 4. The summed E-state index contributed by atoms with van der Waals surface area (Å²) in [5.41, 5.74) is 5.73.